The molecule has 118 valence electrons. The summed E-state index contributed by atoms with van der Waals surface area (Å²) < 4.78 is 27.8. The Hall–Kier alpha value is -0.690. The molecular formula is C15H23BrN2O2S. The van der Waals surface area contributed by atoms with Crippen molar-refractivity contribution in [3.8, 4) is 0 Å². The lowest BCUT2D eigenvalue weighted by molar-refractivity contribution is 0.459. The zero-order valence-electron chi connectivity index (χ0n) is 12.8. The summed E-state index contributed by atoms with van der Waals surface area (Å²) in [5.41, 5.74) is 1.68. The summed E-state index contributed by atoms with van der Waals surface area (Å²) in [6, 6.07) is 3.71. The van der Waals surface area contributed by atoms with Gasteiger partial charge in [0.05, 0.1) is 4.90 Å². The average Bonchev–Trinajstić information content (AvgIpc) is 2.45. The Morgan fingerprint density at radius 1 is 1.38 bits per heavy atom. The Balaban J connectivity index is 3.32. The molecule has 0 saturated heterocycles. The van der Waals surface area contributed by atoms with E-state index in [-0.39, 0.29) is 0 Å². The number of hydrogen-bond donors (Lipinski definition) is 1. The van der Waals surface area contributed by atoms with Crippen molar-refractivity contribution in [3.63, 3.8) is 0 Å². The highest BCUT2D eigenvalue weighted by atomic mass is 79.9. The fraction of sp³-hybridized carbons (Fsp3) is 0.467. The van der Waals surface area contributed by atoms with Crippen molar-refractivity contribution < 1.29 is 8.42 Å². The molecule has 0 aliphatic heterocycles. The van der Waals surface area contributed by atoms with Crippen molar-refractivity contribution in [2.75, 3.05) is 19.6 Å². The van der Waals surface area contributed by atoms with Gasteiger partial charge in [-0.2, -0.15) is 4.31 Å². The third-order valence-corrected chi connectivity index (χ3v) is 6.13. The predicted octanol–water partition coefficient (Wildman–Crippen LogP) is 3.06. The summed E-state index contributed by atoms with van der Waals surface area (Å²) in [4.78, 5) is 0.355. The van der Waals surface area contributed by atoms with Crippen LogP contribution in [0.15, 0.2) is 34.2 Å². The lowest BCUT2D eigenvalue weighted by atomic mass is 10.1. The molecular weight excluding hydrogens is 352 g/mol. The van der Waals surface area contributed by atoms with Crippen LogP contribution >= 0.6 is 15.9 Å². The zero-order chi connectivity index (χ0) is 16.0. The molecule has 4 nitrogen and oxygen atoms in total. The molecule has 0 aliphatic carbocycles. The van der Waals surface area contributed by atoms with E-state index in [2.05, 4.69) is 27.8 Å². The molecule has 1 aromatic rings. The Bertz CT molecular complexity index is 600. The van der Waals surface area contributed by atoms with Gasteiger partial charge < -0.3 is 5.32 Å². The molecule has 0 spiro atoms. The maximum atomic E-state index is 12.8. The smallest absolute Gasteiger partial charge is 0.243 e. The summed E-state index contributed by atoms with van der Waals surface area (Å²) in [5.74, 6) is 0. The number of nitrogens with zero attached hydrogens (tertiary/aromatic N) is 1. The molecule has 0 bridgehead atoms. The Kier molecular flexibility index (Phi) is 7.06. The number of sulfonamides is 1. The van der Waals surface area contributed by atoms with Crippen LogP contribution in [0.4, 0.5) is 0 Å². The third kappa shape index (κ3) is 4.39. The standard InChI is InChI=1S/C15H23BrN2O2S/c1-5-8-18(7-3)21(19,20)15-10-13(11-17-6-2)9-14(16)12(15)4/h5,9-10,17H,1,6-8,11H2,2-4H3. The number of rotatable bonds is 8. The van der Waals surface area contributed by atoms with E-state index in [1.54, 1.807) is 12.1 Å². The van der Waals surface area contributed by atoms with Gasteiger partial charge in [0.25, 0.3) is 0 Å². The molecule has 0 atom stereocenters. The van der Waals surface area contributed by atoms with Crippen molar-refractivity contribution >= 4 is 26.0 Å². The van der Waals surface area contributed by atoms with Crippen molar-refractivity contribution in [3.05, 3.63) is 40.4 Å². The van der Waals surface area contributed by atoms with Crippen LogP contribution in [0.25, 0.3) is 0 Å². The normalized spacial score (nSPS) is 11.9. The Morgan fingerprint density at radius 2 is 2.05 bits per heavy atom. The van der Waals surface area contributed by atoms with Gasteiger partial charge in [0, 0.05) is 24.1 Å². The first-order valence-electron chi connectivity index (χ1n) is 6.99. The largest absolute Gasteiger partial charge is 0.313 e. The van der Waals surface area contributed by atoms with Gasteiger partial charge in [-0.05, 0) is 36.7 Å². The first-order valence-corrected chi connectivity index (χ1v) is 9.22. The molecule has 0 radical (unpaired) electrons. The van der Waals surface area contributed by atoms with Gasteiger partial charge >= 0.3 is 0 Å². The molecule has 6 heteroatoms. The molecule has 21 heavy (non-hydrogen) atoms. The predicted molar refractivity (Wildman–Crippen MR) is 90.9 cm³/mol. The highest BCUT2D eigenvalue weighted by Crippen LogP contribution is 2.28. The summed E-state index contributed by atoms with van der Waals surface area (Å²) in [6.07, 6.45) is 1.61. The number of halogens is 1. The topological polar surface area (TPSA) is 49.4 Å². The van der Waals surface area contributed by atoms with Gasteiger partial charge in [-0.3, -0.25) is 0 Å². The van der Waals surface area contributed by atoms with Crippen LogP contribution in [0, 0.1) is 6.92 Å². The van der Waals surface area contributed by atoms with Crippen molar-refractivity contribution in [2.24, 2.45) is 0 Å². The zero-order valence-corrected chi connectivity index (χ0v) is 15.2. The molecule has 0 fully saturated rings. The lowest BCUT2D eigenvalue weighted by Gasteiger charge is -2.21. The van der Waals surface area contributed by atoms with E-state index in [9.17, 15) is 8.42 Å². The van der Waals surface area contributed by atoms with Crippen molar-refractivity contribution in [2.45, 2.75) is 32.2 Å². The second kappa shape index (κ2) is 8.08. The number of likely N-dealkylation sites (N-methyl/N-ethyl adjacent to an activating group) is 1. The van der Waals surface area contributed by atoms with Crippen LogP contribution in [0.5, 0.6) is 0 Å². The first-order chi connectivity index (χ1) is 9.88. The highest BCUT2D eigenvalue weighted by Gasteiger charge is 2.25. The Morgan fingerprint density at radius 3 is 2.57 bits per heavy atom. The van der Waals surface area contributed by atoms with E-state index in [4.69, 9.17) is 0 Å². The van der Waals surface area contributed by atoms with Gasteiger partial charge in [-0.1, -0.05) is 35.9 Å². The SMILES string of the molecule is C=CCN(CC)S(=O)(=O)c1cc(CNCC)cc(Br)c1C. The monoisotopic (exact) mass is 374 g/mol. The molecule has 1 rings (SSSR count). The second-order valence-electron chi connectivity index (χ2n) is 4.73. The van der Waals surface area contributed by atoms with Crippen LogP contribution in [0.1, 0.15) is 25.0 Å². The maximum Gasteiger partial charge on any atom is 0.243 e. The Labute approximate surface area is 136 Å². The van der Waals surface area contributed by atoms with Crippen molar-refractivity contribution in [1.82, 2.24) is 9.62 Å². The van der Waals surface area contributed by atoms with Gasteiger partial charge in [-0.25, -0.2) is 8.42 Å². The minimum absolute atomic E-state index is 0.313. The van der Waals surface area contributed by atoms with Gasteiger partial charge in [0.1, 0.15) is 0 Å². The van der Waals surface area contributed by atoms with Crippen molar-refractivity contribution in [1.29, 1.82) is 0 Å². The molecule has 0 aromatic heterocycles. The fourth-order valence-electron chi connectivity index (χ4n) is 2.03. The van der Waals surface area contributed by atoms with Crippen LogP contribution in [0.2, 0.25) is 0 Å². The van der Waals surface area contributed by atoms with Crippen LogP contribution in [-0.2, 0) is 16.6 Å². The summed E-state index contributed by atoms with van der Waals surface area (Å²) in [6.45, 7) is 11.5. The van der Waals surface area contributed by atoms with E-state index in [0.29, 0.717) is 24.5 Å². The summed E-state index contributed by atoms with van der Waals surface area (Å²) >= 11 is 3.46. The fourth-order valence-corrected chi connectivity index (χ4v) is 4.38. The van der Waals surface area contributed by atoms with E-state index < -0.39 is 10.0 Å². The molecule has 0 aliphatic rings. The van der Waals surface area contributed by atoms with E-state index in [0.717, 1.165) is 22.1 Å². The van der Waals surface area contributed by atoms with E-state index >= 15 is 0 Å². The van der Waals surface area contributed by atoms with Crippen LogP contribution in [-0.4, -0.2) is 32.4 Å². The van der Waals surface area contributed by atoms with Crippen LogP contribution < -0.4 is 5.32 Å². The molecule has 0 saturated carbocycles. The third-order valence-electron chi connectivity index (χ3n) is 3.24. The molecule has 1 aromatic carbocycles. The highest BCUT2D eigenvalue weighted by molar-refractivity contribution is 9.10. The second-order valence-corrected chi connectivity index (χ2v) is 7.49. The van der Waals surface area contributed by atoms with Gasteiger partial charge in [0.2, 0.25) is 10.0 Å². The van der Waals surface area contributed by atoms with E-state index in [1.165, 1.54) is 4.31 Å². The minimum Gasteiger partial charge on any atom is -0.313 e. The van der Waals surface area contributed by atoms with Gasteiger partial charge in [0.15, 0.2) is 0 Å². The molecule has 0 heterocycles. The quantitative estimate of drug-likeness (QED) is 0.711. The van der Waals surface area contributed by atoms with Crippen LogP contribution in [0.3, 0.4) is 0 Å². The lowest BCUT2D eigenvalue weighted by Crippen LogP contribution is -2.31. The number of hydrogen-bond acceptors (Lipinski definition) is 3. The maximum absolute atomic E-state index is 12.8. The van der Waals surface area contributed by atoms with Gasteiger partial charge in [-0.15, -0.1) is 6.58 Å². The molecule has 0 unspecified atom stereocenters. The minimum atomic E-state index is -3.51. The summed E-state index contributed by atoms with van der Waals surface area (Å²) in [5, 5.41) is 3.21. The number of benzene rings is 1. The number of nitrogens with one attached hydrogen (secondary N) is 1. The first kappa shape index (κ1) is 18.4. The average molecular weight is 375 g/mol. The summed E-state index contributed by atoms with van der Waals surface area (Å²) in [7, 11) is -3.51. The molecule has 0 amide bonds. The molecule has 1 N–H and O–H groups in total. The van der Waals surface area contributed by atoms with E-state index in [1.807, 2.05) is 26.8 Å².